The fourth-order valence-electron chi connectivity index (χ4n) is 3.71. The second kappa shape index (κ2) is 7.68. The van der Waals surface area contributed by atoms with Crippen molar-refractivity contribution in [3.63, 3.8) is 0 Å². The van der Waals surface area contributed by atoms with E-state index in [0.29, 0.717) is 29.9 Å². The van der Waals surface area contributed by atoms with Crippen molar-refractivity contribution in [2.75, 3.05) is 43.4 Å². The Morgan fingerprint density at radius 3 is 2.43 bits per heavy atom. The molecule has 0 radical (unpaired) electrons. The molecule has 3 aromatic rings. The van der Waals surface area contributed by atoms with Gasteiger partial charge in [-0.25, -0.2) is 0 Å². The summed E-state index contributed by atoms with van der Waals surface area (Å²) in [5.41, 5.74) is 1.09. The van der Waals surface area contributed by atoms with Crippen molar-refractivity contribution in [3.05, 3.63) is 59.4 Å². The summed E-state index contributed by atoms with van der Waals surface area (Å²) in [5.74, 6) is -0.476. The summed E-state index contributed by atoms with van der Waals surface area (Å²) in [6.07, 6.45) is -4.50. The minimum atomic E-state index is -4.50. The summed E-state index contributed by atoms with van der Waals surface area (Å²) in [5, 5.41) is 3.46. The van der Waals surface area contributed by atoms with Gasteiger partial charge in [0.05, 0.1) is 16.9 Å². The molecule has 1 fully saturated rings. The van der Waals surface area contributed by atoms with E-state index in [4.69, 9.17) is 4.42 Å². The van der Waals surface area contributed by atoms with Crippen LogP contribution in [0.2, 0.25) is 0 Å². The van der Waals surface area contributed by atoms with Crippen LogP contribution in [-0.4, -0.2) is 44.0 Å². The first-order chi connectivity index (χ1) is 14.2. The van der Waals surface area contributed by atoms with E-state index >= 15 is 0 Å². The van der Waals surface area contributed by atoms with Crippen LogP contribution in [-0.2, 0) is 6.18 Å². The normalized spacial score (nSPS) is 15.6. The molecule has 1 saturated heterocycles. The zero-order valence-electron chi connectivity index (χ0n) is 16.7. The van der Waals surface area contributed by atoms with Gasteiger partial charge in [-0.1, -0.05) is 18.2 Å². The Kier molecular flexibility index (Phi) is 5.19. The monoisotopic (exact) mass is 417 g/mol. The molecule has 0 bridgehead atoms. The van der Waals surface area contributed by atoms with Crippen LogP contribution in [0.15, 0.2) is 46.9 Å². The summed E-state index contributed by atoms with van der Waals surface area (Å²) in [6.45, 7) is 4.66. The van der Waals surface area contributed by atoms with Gasteiger partial charge in [0.15, 0.2) is 5.76 Å². The SMILES string of the molecule is Cc1c(C(=O)Nc2cc(C(F)(F)F)ccc2N2CCN(C)CC2)oc2ccccc12. The summed E-state index contributed by atoms with van der Waals surface area (Å²) < 4.78 is 45.6. The average molecular weight is 417 g/mol. The Morgan fingerprint density at radius 2 is 1.77 bits per heavy atom. The zero-order valence-corrected chi connectivity index (χ0v) is 16.7. The molecule has 1 aromatic heterocycles. The van der Waals surface area contributed by atoms with E-state index in [2.05, 4.69) is 10.2 Å². The van der Waals surface area contributed by atoms with Gasteiger partial charge in [-0.15, -0.1) is 0 Å². The van der Waals surface area contributed by atoms with Crippen LogP contribution in [0.25, 0.3) is 11.0 Å². The molecule has 30 heavy (non-hydrogen) atoms. The number of benzene rings is 2. The molecule has 1 N–H and O–H groups in total. The maximum absolute atomic E-state index is 13.3. The minimum Gasteiger partial charge on any atom is -0.451 e. The van der Waals surface area contributed by atoms with Crippen LogP contribution < -0.4 is 10.2 Å². The van der Waals surface area contributed by atoms with Gasteiger partial charge in [0.2, 0.25) is 0 Å². The third kappa shape index (κ3) is 3.87. The molecule has 8 heteroatoms. The lowest BCUT2D eigenvalue weighted by molar-refractivity contribution is -0.137. The van der Waals surface area contributed by atoms with Crippen LogP contribution in [0.5, 0.6) is 0 Å². The van der Waals surface area contributed by atoms with Crippen LogP contribution in [0, 0.1) is 6.92 Å². The molecule has 2 heterocycles. The van der Waals surface area contributed by atoms with E-state index in [0.717, 1.165) is 30.6 Å². The quantitative estimate of drug-likeness (QED) is 0.667. The Bertz CT molecular complexity index is 1080. The number of alkyl halides is 3. The van der Waals surface area contributed by atoms with E-state index in [1.54, 1.807) is 19.1 Å². The number of likely N-dealkylation sites (N-methyl/N-ethyl adjacent to an activating group) is 1. The van der Waals surface area contributed by atoms with Crippen molar-refractivity contribution in [3.8, 4) is 0 Å². The molecule has 2 aromatic carbocycles. The zero-order chi connectivity index (χ0) is 21.5. The van der Waals surface area contributed by atoms with Crippen LogP contribution in [0.3, 0.4) is 0 Å². The highest BCUT2D eigenvalue weighted by atomic mass is 19.4. The Morgan fingerprint density at radius 1 is 1.07 bits per heavy atom. The van der Waals surface area contributed by atoms with Crippen LogP contribution >= 0.6 is 0 Å². The van der Waals surface area contributed by atoms with Crippen LogP contribution in [0.4, 0.5) is 24.5 Å². The van der Waals surface area contributed by atoms with Gasteiger partial charge in [-0.05, 0) is 38.2 Å². The number of nitrogens with one attached hydrogen (secondary N) is 1. The topological polar surface area (TPSA) is 48.7 Å². The molecule has 0 aliphatic carbocycles. The van der Waals surface area contributed by atoms with E-state index < -0.39 is 17.6 Å². The summed E-state index contributed by atoms with van der Waals surface area (Å²) in [6, 6.07) is 10.7. The van der Waals surface area contributed by atoms with Gasteiger partial charge in [-0.3, -0.25) is 4.79 Å². The number of fused-ring (bicyclic) bond motifs is 1. The smallest absolute Gasteiger partial charge is 0.416 e. The van der Waals surface area contributed by atoms with Gasteiger partial charge in [-0.2, -0.15) is 13.2 Å². The number of amides is 1. The molecule has 0 atom stereocenters. The van der Waals surface area contributed by atoms with Crippen molar-refractivity contribution in [1.29, 1.82) is 0 Å². The largest absolute Gasteiger partial charge is 0.451 e. The number of piperazine rings is 1. The predicted molar refractivity (Wildman–Crippen MR) is 110 cm³/mol. The number of hydrogen-bond acceptors (Lipinski definition) is 4. The number of aryl methyl sites for hydroxylation is 1. The molecular weight excluding hydrogens is 395 g/mol. The fourth-order valence-corrected chi connectivity index (χ4v) is 3.71. The maximum Gasteiger partial charge on any atom is 0.416 e. The third-order valence-corrected chi connectivity index (χ3v) is 5.47. The summed E-state index contributed by atoms with van der Waals surface area (Å²) >= 11 is 0. The lowest BCUT2D eigenvalue weighted by Crippen LogP contribution is -2.44. The lowest BCUT2D eigenvalue weighted by Gasteiger charge is -2.35. The molecule has 4 rings (SSSR count). The highest BCUT2D eigenvalue weighted by molar-refractivity contribution is 6.07. The molecule has 0 saturated carbocycles. The Hall–Kier alpha value is -3.00. The van der Waals surface area contributed by atoms with E-state index in [-0.39, 0.29) is 11.4 Å². The number of furan rings is 1. The first-order valence-corrected chi connectivity index (χ1v) is 9.68. The number of hydrogen-bond donors (Lipinski definition) is 1. The van der Waals surface area contributed by atoms with Gasteiger partial charge in [0.25, 0.3) is 5.91 Å². The molecular formula is C22H22F3N3O2. The van der Waals surface area contributed by atoms with Crippen molar-refractivity contribution in [2.45, 2.75) is 13.1 Å². The van der Waals surface area contributed by atoms with E-state index in [1.807, 2.05) is 24.1 Å². The maximum atomic E-state index is 13.3. The second-order valence-corrected chi connectivity index (χ2v) is 7.53. The summed E-state index contributed by atoms with van der Waals surface area (Å²) in [4.78, 5) is 17.1. The van der Waals surface area contributed by atoms with Crippen molar-refractivity contribution >= 4 is 28.3 Å². The third-order valence-electron chi connectivity index (χ3n) is 5.47. The number of carbonyl (C=O) groups is 1. The first kappa shape index (κ1) is 20.3. The standard InChI is InChI=1S/C22H22F3N3O2/c1-14-16-5-3-4-6-19(16)30-20(14)21(29)26-17-13-15(22(23,24)25)7-8-18(17)28-11-9-27(2)10-12-28/h3-8,13H,9-12H2,1-2H3,(H,26,29). The number of para-hydroxylation sites is 1. The molecule has 1 aliphatic heterocycles. The number of halogens is 3. The van der Waals surface area contributed by atoms with E-state index in [1.165, 1.54) is 6.07 Å². The lowest BCUT2D eigenvalue weighted by atomic mass is 10.1. The van der Waals surface area contributed by atoms with Gasteiger partial charge >= 0.3 is 6.18 Å². The number of rotatable bonds is 3. The van der Waals surface area contributed by atoms with Gasteiger partial charge in [0, 0.05) is 37.1 Å². The minimum absolute atomic E-state index is 0.0953. The average Bonchev–Trinajstić information content (AvgIpc) is 3.05. The highest BCUT2D eigenvalue weighted by Crippen LogP contribution is 2.36. The Balaban J connectivity index is 1.70. The van der Waals surface area contributed by atoms with Crippen molar-refractivity contribution < 1.29 is 22.4 Å². The van der Waals surface area contributed by atoms with E-state index in [9.17, 15) is 18.0 Å². The predicted octanol–water partition coefficient (Wildman–Crippen LogP) is 4.76. The fraction of sp³-hybridized carbons (Fsp3) is 0.318. The molecule has 1 amide bonds. The second-order valence-electron chi connectivity index (χ2n) is 7.53. The molecule has 158 valence electrons. The molecule has 0 unspecified atom stereocenters. The Labute approximate surface area is 172 Å². The van der Waals surface area contributed by atoms with Gasteiger partial charge in [0.1, 0.15) is 5.58 Å². The van der Waals surface area contributed by atoms with Crippen molar-refractivity contribution in [1.82, 2.24) is 4.90 Å². The van der Waals surface area contributed by atoms with Gasteiger partial charge < -0.3 is 19.5 Å². The number of anilines is 2. The van der Waals surface area contributed by atoms with Crippen molar-refractivity contribution in [2.24, 2.45) is 0 Å². The molecule has 5 nitrogen and oxygen atoms in total. The number of carbonyl (C=O) groups excluding carboxylic acids is 1. The highest BCUT2D eigenvalue weighted by Gasteiger charge is 2.32. The molecule has 0 spiro atoms. The first-order valence-electron chi connectivity index (χ1n) is 9.68. The molecule has 1 aliphatic rings. The number of nitrogens with zero attached hydrogens (tertiary/aromatic N) is 2. The van der Waals surface area contributed by atoms with Crippen LogP contribution in [0.1, 0.15) is 21.7 Å². The summed E-state index contributed by atoms with van der Waals surface area (Å²) in [7, 11) is 2.00.